The number of aromatic amines is 1. The number of fused-ring (bicyclic) bond motifs is 1. The Hall–Kier alpha value is -5.18. The number of aromatic nitrogens is 1. The van der Waals surface area contributed by atoms with E-state index < -0.39 is 51.3 Å². The maximum absolute atomic E-state index is 14.2. The molecule has 3 atom stereocenters. The summed E-state index contributed by atoms with van der Waals surface area (Å²) in [5, 5.41) is 5.50. The number of carbonyl (C=O) groups is 4. The second kappa shape index (κ2) is 20.2. The van der Waals surface area contributed by atoms with E-state index in [9.17, 15) is 32.4 Å². The molecule has 59 heavy (non-hydrogen) atoms. The van der Waals surface area contributed by atoms with Crippen molar-refractivity contribution >= 4 is 44.7 Å². The molecule has 4 amide bonds. The minimum absolute atomic E-state index is 0.00847. The first-order valence-corrected chi connectivity index (χ1v) is 22.5. The average molecular weight is 832 g/mol. The predicted molar refractivity (Wildman–Crippen MR) is 225 cm³/mol. The third-order valence-electron chi connectivity index (χ3n) is 11.6. The molecule has 1 aliphatic heterocycles. The average Bonchev–Trinajstić information content (AvgIpc) is 4.00. The molecule has 1 unspecified atom stereocenters. The Labute approximate surface area is 345 Å². The molecule has 6 rings (SSSR count). The number of nitrogens with one attached hydrogen (secondary N) is 4. The minimum Gasteiger partial charge on any atom is -0.496 e. The molecule has 1 aromatic heterocycles. The molecule has 3 fully saturated rings. The number of benzene rings is 2. The molecule has 2 aliphatic carbocycles. The van der Waals surface area contributed by atoms with Crippen LogP contribution in [0, 0.1) is 5.92 Å². The van der Waals surface area contributed by atoms with E-state index in [0.29, 0.717) is 61.7 Å². The summed E-state index contributed by atoms with van der Waals surface area (Å²) in [5.74, 6) is -1.17. The number of likely N-dealkylation sites (tertiary alicyclic amines) is 1. The van der Waals surface area contributed by atoms with Crippen LogP contribution in [0.2, 0.25) is 0 Å². The fraction of sp³-hybridized carbons (Fsp3) is 0.523. The maximum atomic E-state index is 14.2. The molecule has 1 saturated heterocycles. The summed E-state index contributed by atoms with van der Waals surface area (Å²) >= 11 is 0. The molecule has 0 spiro atoms. The second-order valence-corrected chi connectivity index (χ2v) is 17.9. The fourth-order valence-electron chi connectivity index (χ4n) is 8.25. The number of ether oxygens (including phenoxy) is 2. The number of rotatable bonds is 19. The van der Waals surface area contributed by atoms with Crippen molar-refractivity contribution < 1.29 is 37.1 Å². The first-order valence-electron chi connectivity index (χ1n) is 21.0. The molecule has 3 aromatic rings. The number of hydrogen-bond acceptors (Lipinski definition) is 9. The van der Waals surface area contributed by atoms with Gasteiger partial charge in [-0.15, -0.1) is 6.58 Å². The fourth-order valence-corrected chi connectivity index (χ4v) is 9.60. The van der Waals surface area contributed by atoms with Crippen molar-refractivity contribution in [2.75, 3.05) is 20.3 Å². The number of sulfonamides is 1. The van der Waals surface area contributed by atoms with E-state index >= 15 is 0 Å². The van der Waals surface area contributed by atoms with E-state index in [0.717, 1.165) is 68.2 Å². The molecule has 2 saturated carbocycles. The van der Waals surface area contributed by atoms with Crippen LogP contribution in [0.4, 0.5) is 4.79 Å². The molecule has 2 heterocycles. The lowest BCUT2D eigenvalue weighted by Crippen LogP contribution is -2.58. The Kier molecular flexibility index (Phi) is 14.9. The van der Waals surface area contributed by atoms with Crippen molar-refractivity contribution in [1.82, 2.24) is 25.2 Å². The van der Waals surface area contributed by atoms with Gasteiger partial charge in [0.2, 0.25) is 21.8 Å². The Morgan fingerprint density at radius 2 is 1.68 bits per heavy atom. The van der Waals surface area contributed by atoms with Gasteiger partial charge < -0.3 is 30.0 Å². The van der Waals surface area contributed by atoms with Gasteiger partial charge in [-0.05, 0) is 87.3 Å². The van der Waals surface area contributed by atoms with Crippen LogP contribution in [0.5, 0.6) is 5.75 Å². The normalized spacial score (nSPS) is 18.1. The predicted octanol–water partition coefficient (Wildman–Crippen LogP) is 5.64. The van der Waals surface area contributed by atoms with Crippen LogP contribution in [0.3, 0.4) is 0 Å². The molecule has 15 heteroatoms. The third-order valence-corrected chi connectivity index (χ3v) is 13.5. The number of hydrogen-bond donors (Lipinski definition) is 4. The number of unbranched alkanes of at least 4 members (excludes halogenated alkanes) is 3. The lowest BCUT2D eigenvalue weighted by atomic mass is 9.83. The molecular formula is C44H57N5O9S. The Morgan fingerprint density at radius 3 is 2.39 bits per heavy atom. The standard InChI is InChI=1S/C44H57N5O9S/c1-3-15-34(41(51)48-59(55,56)32-22-23-32)46-42(52)37-21-14-24-49(37)43(53)40(30-18-11-7-12-19-30)47-44(54)58-25-13-5-4-8-20-31-26-33-36(28-39(31)57-2)45-35(27-38(33)50)29-16-9-6-10-17-29/h3,6,9-10,16-17,26-28,30,32,34,37,40H,1,4-5,7-8,11-15,18-25H2,2H3,(H,45,50)(H,46,52)(H,47,54)(H,48,51)/t34?,37-,40-/m0/s1. The van der Waals surface area contributed by atoms with Gasteiger partial charge in [-0.25, -0.2) is 13.2 Å². The van der Waals surface area contributed by atoms with Crippen molar-refractivity contribution in [2.24, 2.45) is 5.92 Å². The van der Waals surface area contributed by atoms with E-state index in [1.807, 2.05) is 42.5 Å². The van der Waals surface area contributed by atoms with Crippen molar-refractivity contribution in [3.8, 4) is 17.0 Å². The zero-order chi connectivity index (χ0) is 41.9. The molecule has 14 nitrogen and oxygen atoms in total. The quantitative estimate of drug-likeness (QED) is 0.0874. The van der Waals surface area contributed by atoms with Crippen LogP contribution in [0.25, 0.3) is 22.2 Å². The number of nitrogens with zero attached hydrogens (tertiary/aromatic N) is 1. The van der Waals surface area contributed by atoms with Crippen LogP contribution in [0.15, 0.2) is 66.0 Å². The molecule has 2 aromatic carbocycles. The van der Waals surface area contributed by atoms with Gasteiger partial charge in [0.05, 0.1) is 24.5 Å². The molecule has 318 valence electrons. The van der Waals surface area contributed by atoms with E-state index in [1.54, 1.807) is 13.2 Å². The SMILES string of the molecule is C=CCC(NC(=O)[C@@H]1CCCN1C(=O)[C@@H](NC(=O)OCCCCCCc1cc2c(=O)cc(-c3ccccc3)[nH]c2cc1OC)C1CCCCC1)C(=O)NS(=O)(=O)C1CC1. The Bertz CT molecular complexity index is 2150. The number of amides is 4. The number of carbonyl (C=O) groups excluding carboxylic acids is 4. The number of aryl methyl sites for hydroxylation is 1. The topological polar surface area (TPSA) is 193 Å². The Morgan fingerprint density at radius 1 is 0.932 bits per heavy atom. The lowest BCUT2D eigenvalue weighted by Gasteiger charge is -2.34. The molecule has 4 N–H and O–H groups in total. The highest BCUT2D eigenvalue weighted by molar-refractivity contribution is 7.90. The largest absolute Gasteiger partial charge is 0.496 e. The van der Waals surface area contributed by atoms with Crippen LogP contribution in [-0.2, 0) is 35.6 Å². The van der Waals surface area contributed by atoms with Gasteiger partial charge in [0, 0.05) is 29.8 Å². The maximum Gasteiger partial charge on any atom is 0.407 e. The molecular weight excluding hydrogens is 775 g/mol. The summed E-state index contributed by atoms with van der Waals surface area (Å²) in [6, 6.07) is 12.2. The summed E-state index contributed by atoms with van der Waals surface area (Å²) in [5.41, 5.74) is 3.27. The second-order valence-electron chi connectivity index (χ2n) is 15.9. The van der Waals surface area contributed by atoms with Gasteiger partial charge in [0.1, 0.15) is 23.9 Å². The summed E-state index contributed by atoms with van der Waals surface area (Å²) in [6.45, 7) is 4.12. The van der Waals surface area contributed by atoms with Gasteiger partial charge in [0.15, 0.2) is 5.43 Å². The van der Waals surface area contributed by atoms with Crippen molar-refractivity contribution in [3.05, 3.63) is 77.0 Å². The molecule has 3 aliphatic rings. The monoisotopic (exact) mass is 831 g/mol. The van der Waals surface area contributed by atoms with Crippen LogP contribution < -0.4 is 25.5 Å². The van der Waals surface area contributed by atoms with E-state index in [2.05, 4.69) is 26.9 Å². The van der Waals surface area contributed by atoms with Gasteiger partial charge in [-0.3, -0.25) is 23.9 Å². The van der Waals surface area contributed by atoms with Crippen LogP contribution in [0.1, 0.15) is 95.5 Å². The molecule has 0 bridgehead atoms. The zero-order valence-corrected chi connectivity index (χ0v) is 34.7. The summed E-state index contributed by atoms with van der Waals surface area (Å²) < 4.78 is 38.1. The summed E-state index contributed by atoms with van der Waals surface area (Å²) in [7, 11) is -2.20. The van der Waals surface area contributed by atoms with Crippen LogP contribution in [-0.4, -0.2) is 85.8 Å². The number of alkyl carbamates (subject to hydrolysis) is 1. The van der Waals surface area contributed by atoms with E-state index in [-0.39, 0.29) is 30.3 Å². The summed E-state index contributed by atoms with van der Waals surface area (Å²) in [4.78, 5) is 71.7. The van der Waals surface area contributed by atoms with E-state index in [4.69, 9.17) is 9.47 Å². The van der Waals surface area contributed by atoms with Crippen LogP contribution >= 0.6 is 0 Å². The lowest BCUT2D eigenvalue weighted by molar-refractivity contribution is -0.141. The molecule has 0 radical (unpaired) electrons. The van der Waals surface area contributed by atoms with Gasteiger partial charge in [-0.2, -0.15) is 0 Å². The van der Waals surface area contributed by atoms with Gasteiger partial charge in [0.25, 0.3) is 5.91 Å². The number of methoxy groups -OCH3 is 1. The minimum atomic E-state index is -3.82. The van der Waals surface area contributed by atoms with Gasteiger partial charge >= 0.3 is 6.09 Å². The Balaban J connectivity index is 0.987. The van der Waals surface area contributed by atoms with E-state index in [1.165, 1.54) is 11.0 Å². The number of H-pyrrole nitrogens is 1. The van der Waals surface area contributed by atoms with Crippen molar-refractivity contribution in [3.63, 3.8) is 0 Å². The number of pyridine rings is 1. The van der Waals surface area contributed by atoms with Gasteiger partial charge in [-0.1, -0.05) is 68.5 Å². The highest BCUT2D eigenvalue weighted by Crippen LogP contribution is 2.31. The first-order chi connectivity index (χ1) is 28.5. The highest BCUT2D eigenvalue weighted by Gasteiger charge is 2.42. The van der Waals surface area contributed by atoms with Crippen molar-refractivity contribution in [1.29, 1.82) is 0 Å². The smallest absolute Gasteiger partial charge is 0.407 e. The third kappa shape index (κ3) is 11.3. The highest BCUT2D eigenvalue weighted by atomic mass is 32.2. The first kappa shape index (κ1) is 43.4. The zero-order valence-electron chi connectivity index (χ0n) is 33.8. The summed E-state index contributed by atoms with van der Waals surface area (Å²) in [6.07, 6.45) is 10.9. The van der Waals surface area contributed by atoms with Crippen molar-refractivity contribution in [2.45, 2.75) is 120 Å².